The summed E-state index contributed by atoms with van der Waals surface area (Å²) in [6.45, 7) is 3.42. The molecule has 2 heterocycles. The summed E-state index contributed by atoms with van der Waals surface area (Å²) in [6, 6.07) is 17.6. The van der Waals surface area contributed by atoms with E-state index in [-0.39, 0.29) is 17.1 Å². The molecule has 5 heteroatoms. The van der Waals surface area contributed by atoms with Crippen LogP contribution >= 0.6 is 0 Å². The third kappa shape index (κ3) is 5.08. The van der Waals surface area contributed by atoms with Gasteiger partial charge in [-0.3, -0.25) is 9.69 Å². The van der Waals surface area contributed by atoms with Crippen LogP contribution in [0.3, 0.4) is 0 Å². The summed E-state index contributed by atoms with van der Waals surface area (Å²) in [7, 11) is 0. The van der Waals surface area contributed by atoms with Gasteiger partial charge in [0.25, 0.3) is 0 Å². The third-order valence-corrected chi connectivity index (χ3v) is 6.67. The molecule has 160 valence electrons. The summed E-state index contributed by atoms with van der Waals surface area (Å²) in [6.07, 6.45) is 4.76. The molecule has 1 N–H and O–H groups in total. The molecule has 2 aromatic carbocycles. The lowest BCUT2D eigenvalue weighted by Gasteiger charge is -2.38. The predicted octanol–water partition coefficient (Wildman–Crippen LogP) is 3.70. The molecule has 2 fully saturated rings. The van der Waals surface area contributed by atoms with E-state index in [0.29, 0.717) is 19.1 Å². The number of hydrogen-bond acceptors (Lipinski definition) is 3. The molecule has 0 aliphatic carbocycles. The Hall–Kier alpha value is -2.24. The first-order chi connectivity index (χ1) is 14.6. The Morgan fingerprint density at radius 1 is 1.13 bits per heavy atom. The van der Waals surface area contributed by atoms with Gasteiger partial charge in [0, 0.05) is 31.2 Å². The van der Waals surface area contributed by atoms with Crippen molar-refractivity contribution in [1.82, 2.24) is 10.2 Å². The van der Waals surface area contributed by atoms with E-state index in [2.05, 4.69) is 34.5 Å². The Labute approximate surface area is 178 Å². The van der Waals surface area contributed by atoms with Crippen molar-refractivity contribution in [3.63, 3.8) is 0 Å². The van der Waals surface area contributed by atoms with Gasteiger partial charge < -0.3 is 10.1 Å². The van der Waals surface area contributed by atoms with Crippen LogP contribution < -0.4 is 5.32 Å². The molecule has 0 radical (unpaired) electrons. The fourth-order valence-electron chi connectivity index (χ4n) is 4.90. The van der Waals surface area contributed by atoms with Crippen LogP contribution in [-0.2, 0) is 21.4 Å². The van der Waals surface area contributed by atoms with E-state index in [1.54, 1.807) is 12.1 Å². The SMILES string of the molecule is O=C(CN1CCCC1Cc1cccc(F)c1)NCC1(c2ccccc2)CCOCC1. The highest BCUT2D eigenvalue weighted by atomic mass is 19.1. The summed E-state index contributed by atoms with van der Waals surface area (Å²) in [5, 5.41) is 3.22. The van der Waals surface area contributed by atoms with Gasteiger partial charge in [0.2, 0.25) is 5.91 Å². The normalized spacial score (nSPS) is 21.4. The topological polar surface area (TPSA) is 41.6 Å². The van der Waals surface area contributed by atoms with Gasteiger partial charge in [0.15, 0.2) is 0 Å². The van der Waals surface area contributed by atoms with Gasteiger partial charge in [-0.15, -0.1) is 0 Å². The molecule has 4 rings (SSSR count). The molecule has 2 saturated heterocycles. The molecule has 2 aromatic rings. The summed E-state index contributed by atoms with van der Waals surface area (Å²) in [5.74, 6) is -0.125. The van der Waals surface area contributed by atoms with Crippen LogP contribution in [0.5, 0.6) is 0 Å². The van der Waals surface area contributed by atoms with E-state index in [1.807, 2.05) is 12.1 Å². The lowest BCUT2D eigenvalue weighted by atomic mass is 9.74. The molecule has 0 bridgehead atoms. The molecule has 0 saturated carbocycles. The second-order valence-electron chi connectivity index (χ2n) is 8.64. The Morgan fingerprint density at radius 2 is 1.93 bits per heavy atom. The molecular formula is C25H31FN2O2. The number of nitrogens with zero attached hydrogens (tertiary/aromatic N) is 1. The molecular weight excluding hydrogens is 379 g/mol. The second-order valence-corrected chi connectivity index (χ2v) is 8.64. The molecule has 1 amide bonds. The van der Waals surface area contributed by atoms with Crippen LogP contribution in [0.1, 0.15) is 36.8 Å². The van der Waals surface area contributed by atoms with Crippen LogP contribution in [-0.4, -0.2) is 49.7 Å². The van der Waals surface area contributed by atoms with E-state index in [0.717, 1.165) is 57.4 Å². The van der Waals surface area contributed by atoms with Crippen LogP contribution in [0.4, 0.5) is 4.39 Å². The van der Waals surface area contributed by atoms with E-state index < -0.39 is 0 Å². The van der Waals surface area contributed by atoms with E-state index in [1.165, 1.54) is 11.6 Å². The molecule has 1 unspecified atom stereocenters. The van der Waals surface area contributed by atoms with E-state index in [4.69, 9.17) is 4.74 Å². The number of carbonyl (C=O) groups excluding carboxylic acids is 1. The third-order valence-electron chi connectivity index (χ3n) is 6.67. The summed E-state index contributed by atoms with van der Waals surface area (Å²) < 4.78 is 19.1. The van der Waals surface area contributed by atoms with Gasteiger partial charge in [-0.25, -0.2) is 4.39 Å². The summed E-state index contributed by atoms with van der Waals surface area (Å²) in [5.41, 5.74) is 2.22. The van der Waals surface area contributed by atoms with Gasteiger partial charge in [-0.1, -0.05) is 42.5 Å². The van der Waals surface area contributed by atoms with Gasteiger partial charge in [0.1, 0.15) is 5.82 Å². The van der Waals surface area contributed by atoms with Crippen molar-refractivity contribution in [3.8, 4) is 0 Å². The predicted molar refractivity (Wildman–Crippen MR) is 116 cm³/mol. The minimum atomic E-state index is -0.197. The lowest BCUT2D eigenvalue weighted by Crippen LogP contribution is -2.47. The number of hydrogen-bond donors (Lipinski definition) is 1. The number of likely N-dealkylation sites (tertiary alicyclic amines) is 1. The largest absolute Gasteiger partial charge is 0.381 e. The Balaban J connectivity index is 1.35. The van der Waals surface area contributed by atoms with Crippen molar-refractivity contribution in [2.75, 3.05) is 32.8 Å². The average Bonchev–Trinajstić information content (AvgIpc) is 3.20. The maximum Gasteiger partial charge on any atom is 0.234 e. The van der Waals surface area contributed by atoms with Crippen LogP contribution in [0.15, 0.2) is 54.6 Å². The second kappa shape index (κ2) is 9.71. The van der Waals surface area contributed by atoms with Gasteiger partial charge in [0.05, 0.1) is 6.54 Å². The number of carbonyl (C=O) groups is 1. The zero-order valence-electron chi connectivity index (χ0n) is 17.5. The smallest absolute Gasteiger partial charge is 0.234 e. The number of rotatable bonds is 7. The van der Waals surface area contributed by atoms with Crippen molar-refractivity contribution in [1.29, 1.82) is 0 Å². The first kappa shape index (κ1) is 21.0. The number of halogens is 1. The number of nitrogens with one attached hydrogen (secondary N) is 1. The molecule has 30 heavy (non-hydrogen) atoms. The minimum absolute atomic E-state index is 0.0544. The Kier molecular flexibility index (Phi) is 6.80. The monoisotopic (exact) mass is 410 g/mol. The minimum Gasteiger partial charge on any atom is -0.381 e. The fraction of sp³-hybridized carbons (Fsp3) is 0.480. The van der Waals surface area contributed by atoms with E-state index in [9.17, 15) is 9.18 Å². The van der Waals surface area contributed by atoms with Crippen LogP contribution in [0.25, 0.3) is 0 Å². The van der Waals surface area contributed by atoms with Gasteiger partial charge in [-0.05, 0) is 61.9 Å². The van der Waals surface area contributed by atoms with Crippen molar-refractivity contribution in [3.05, 3.63) is 71.5 Å². The first-order valence-electron chi connectivity index (χ1n) is 11.0. The molecule has 1 atom stereocenters. The highest BCUT2D eigenvalue weighted by Gasteiger charge is 2.35. The summed E-state index contributed by atoms with van der Waals surface area (Å²) >= 11 is 0. The number of ether oxygens (including phenoxy) is 1. The average molecular weight is 411 g/mol. The zero-order chi connectivity index (χ0) is 20.8. The lowest BCUT2D eigenvalue weighted by molar-refractivity contribution is -0.123. The Morgan fingerprint density at radius 3 is 2.70 bits per heavy atom. The molecule has 2 aliphatic rings. The maximum absolute atomic E-state index is 13.5. The standard InChI is InChI=1S/C25H31FN2O2/c26-22-9-4-6-20(16-22)17-23-10-5-13-28(23)18-24(29)27-19-25(11-14-30-15-12-25)21-7-2-1-3-8-21/h1-4,6-9,16,23H,5,10-15,17-19H2,(H,27,29). The molecule has 0 spiro atoms. The van der Waals surface area contributed by atoms with Crippen molar-refractivity contribution < 1.29 is 13.9 Å². The van der Waals surface area contributed by atoms with E-state index >= 15 is 0 Å². The van der Waals surface area contributed by atoms with Crippen molar-refractivity contribution >= 4 is 5.91 Å². The molecule has 2 aliphatic heterocycles. The first-order valence-corrected chi connectivity index (χ1v) is 11.0. The quantitative estimate of drug-likeness (QED) is 0.757. The van der Waals surface area contributed by atoms with Crippen LogP contribution in [0.2, 0.25) is 0 Å². The van der Waals surface area contributed by atoms with Crippen molar-refractivity contribution in [2.24, 2.45) is 0 Å². The Bertz CT molecular complexity index is 836. The maximum atomic E-state index is 13.5. The highest BCUT2D eigenvalue weighted by molar-refractivity contribution is 5.78. The summed E-state index contributed by atoms with van der Waals surface area (Å²) in [4.78, 5) is 15.1. The van der Waals surface area contributed by atoms with Gasteiger partial charge >= 0.3 is 0 Å². The van der Waals surface area contributed by atoms with Gasteiger partial charge in [-0.2, -0.15) is 0 Å². The van der Waals surface area contributed by atoms with Crippen molar-refractivity contribution in [2.45, 2.75) is 43.6 Å². The molecule has 0 aromatic heterocycles. The number of benzene rings is 2. The fourth-order valence-corrected chi connectivity index (χ4v) is 4.90. The molecule has 4 nitrogen and oxygen atoms in total. The highest BCUT2D eigenvalue weighted by Crippen LogP contribution is 2.34. The number of amides is 1. The zero-order valence-corrected chi connectivity index (χ0v) is 17.5. The van der Waals surface area contributed by atoms with Crippen LogP contribution in [0, 0.1) is 5.82 Å².